The average Bonchev–Trinajstić information content (AvgIpc) is 3.29. The van der Waals surface area contributed by atoms with E-state index in [2.05, 4.69) is 21.7 Å². The summed E-state index contributed by atoms with van der Waals surface area (Å²) >= 11 is 1.90. The molecule has 0 aromatic carbocycles. The number of thiophene rings is 1. The molecular formula is C20H28N4OS. The zero-order valence-electron chi connectivity index (χ0n) is 15.6. The zero-order chi connectivity index (χ0) is 17.5. The Hall–Kier alpha value is -1.24. The van der Waals surface area contributed by atoms with E-state index in [1.807, 2.05) is 11.3 Å². The lowest BCUT2D eigenvalue weighted by Gasteiger charge is -2.36. The number of anilines is 1. The van der Waals surface area contributed by atoms with E-state index >= 15 is 0 Å². The van der Waals surface area contributed by atoms with Crippen LogP contribution in [-0.4, -0.2) is 60.3 Å². The number of aromatic nitrogens is 2. The fourth-order valence-electron chi connectivity index (χ4n) is 4.72. The van der Waals surface area contributed by atoms with Gasteiger partial charge in [0, 0.05) is 44.2 Å². The first-order valence-corrected chi connectivity index (χ1v) is 10.9. The van der Waals surface area contributed by atoms with Crippen molar-refractivity contribution in [2.45, 2.75) is 45.1 Å². The Labute approximate surface area is 159 Å². The summed E-state index contributed by atoms with van der Waals surface area (Å²) in [6.07, 6.45) is 8.38. The van der Waals surface area contributed by atoms with E-state index in [0.29, 0.717) is 6.10 Å². The summed E-state index contributed by atoms with van der Waals surface area (Å²) in [6, 6.07) is 0. The van der Waals surface area contributed by atoms with Gasteiger partial charge in [-0.15, -0.1) is 11.3 Å². The van der Waals surface area contributed by atoms with Crippen LogP contribution in [0.25, 0.3) is 10.2 Å². The van der Waals surface area contributed by atoms with Crippen molar-refractivity contribution < 1.29 is 4.74 Å². The molecule has 0 radical (unpaired) electrons. The van der Waals surface area contributed by atoms with Crippen LogP contribution < -0.4 is 4.90 Å². The van der Waals surface area contributed by atoms with Crippen LogP contribution in [-0.2, 0) is 17.6 Å². The largest absolute Gasteiger partial charge is 0.377 e. The van der Waals surface area contributed by atoms with E-state index in [9.17, 15) is 0 Å². The third-order valence-corrected chi connectivity index (χ3v) is 7.39. The standard InChI is InChI=1S/C20H28N4OS/c1-14-4-5-16-17(11-14)26-20-18(16)19(21-13-22-20)24-8-6-23(7-9-24)12-15-3-2-10-25-15/h13-15H,2-12H2,1H3/t14-,15-/m1/s1. The summed E-state index contributed by atoms with van der Waals surface area (Å²) in [7, 11) is 0. The Morgan fingerprint density at radius 3 is 2.88 bits per heavy atom. The highest BCUT2D eigenvalue weighted by atomic mass is 32.1. The van der Waals surface area contributed by atoms with Gasteiger partial charge in [0.1, 0.15) is 17.0 Å². The molecule has 0 amide bonds. The molecule has 0 unspecified atom stereocenters. The van der Waals surface area contributed by atoms with Gasteiger partial charge in [0.2, 0.25) is 0 Å². The molecule has 0 spiro atoms. The van der Waals surface area contributed by atoms with Crippen LogP contribution >= 0.6 is 11.3 Å². The lowest BCUT2D eigenvalue weighted by atomic mass is 9.89. The quantitative estimate of drug-likeness (QED) is 0.828. The predicted octanol–water partition coefficient (Wildman–Crippen LogP) is 3.12. The molecule has 6 heteroatoms. The smallest absolute Gasteiger partial charge is 0.141 e. The topological polar surface area (TPSA) is 41.5 Å². The molecule has 2 fully saturated rings. The predicted molar refractivity (Wildman–Crippen MR) is 106 cm³/mol. The number of ether oxygens (including phenoxy) is 1. The minimum absolute atomic E-state index is 0.457. The van der Waals surface area contributed by atoms with Crippen LogP contribution in [0.5, 0.6) is 0 Å². The molecule has 0 saturated carbocycles. The Kier molecular flexibility index (Phi) is 4.59. The third kappa shape index (κ3) is 3.12. The first-order chi connectivity index (χ1) is 12.8. The number of aryl methyl sites for hydroxylation is 1. The van der Waals surface area contributed by atoms with Crippen molar-refractivity contribution in [3.8, 4) is 0 Å². The van der Waals surface area contributed by atoms with Crippen molar-refractivity contribution in [2.24, 2.45) is 5.92 Å². The van der Waals surface area contributed by atoms with Gasteiger partial charge in [-0.3, -0.25) is 4.90 Å². The summed E-state index contributed by atoms with van der Waals surface area (Å²) in [6.45, 7) is 8.74. The molecule has 2 saturated heterocycles. The molecular weight excluding hydrogens is 344 g/mol. The Morgan fingerprint density at radius 2 is 2.08 bits per heavy atom. The second-order valence-corrected chi connectivity index (χ2v) is 9.24. The summed E-state index contributed by atoms with van der Waals surface area (Å²) < 4.78 is 5.81. The van der Waals surface area contributed by atoms with Gasteiger partial charge in [-0.2, -0.15) is 0 Å². The monoisotopic (exact) mass is 372 g/mol. The van der Waals surface area contributed by atoms with Gasteiger partial charge < -0.3 is 9.64 Å². The number of rotatable bonds is 3. The van der Waals surface area contributed by atoms with Crippen LogP contribution in [0, 0.1) is 5.92 Å². The van der Waals surface area contributed by atoms with Gasteiger partial charge in [0.05, 0.1) is 11.5 Å². The first-order valence-electron chi connectivity index (χ1n) is 10.1. The fourth-order valence-corrected chi connectivity index (χ4v) is 6.06. The molecule has 140 valence electrons. The maximum Gasteiger partial charge on any atom is 0.141 e. The van der Waals surface area contributed by atoms with Crippen molar-refractivity contribution in [2.75, 3.05) is 44.2 Å². The molecule has 2 aliphatic heterocycles. The van der Waals surface area contributed by atoms with Crippen LogP contribution in [0.3, 0.4) is 0 Å². The highest BCUT2D eigenvalue weighted by Gasteiger charge is 2.27. The number of nitrogens with zero attached hydrogens (tertiary/aromatic N) is 4. The van der Waals surface area contributed by atoms with E-state index in [1.54, 1.807) is 16.8 Å². The average molecular weight is 373 g/mol. The Bertz CT molecular complexity index is 777. The number of hydrogen-bond acceptors (Lipinski definition) is 6. The van der Waals surface area contributed by atoms with Gasteiger partial charge in [-0.1, -0.05) is 6.92 Å². The number of piperazine rings is 1. The molecule has 0 N–H and O–H groups in total. The summed E-state index contributed by atoms with van der Waals surface area (Å²) in [4.78, 5) is 17.1. The van der Waals surface area contributed by atoms with Crippen LogP contribution in [0.4, 0.5) is 5.82 Å². The molecule has 1 aliphatic carbocycles. The molecule has 2 atom stereocenters. The number of fused-ring (bicyclic) bond motifs is 3. The fraction of sp³-hybridized carbons (Fsp3) is 0.700. The molecule has 5 nitrogen and oxygen atoms in total. The summed E-state index contributed by atoms with van der Waals surface area (Å²) in [5, 5.41) is 1.35. The van der Waals surface area contributed by atoms with Gasteiger partial charge in [-0.25, -0.2) is 9.97 Å². The maximum absolute atomic E-state index is 5.81. The van der Waals surface area contributed by atoms with E-state index in [4.69, 9.17) is 9.72 Å². The Morgan fingerprint density at radius 1 is 1.19 bits per heavy atom. The Balaban J connectivity index is 1.35. The minimum Gasteiger partial charge on any atom is -0.377 e. The first kappa shape index (κ1) is 16.9. The van der Waals surface area contributed by atoms with Crippen LogP contribution in [0.15, 0.2) is 6.33 Å². The SMILES string of the molecule is C[C@@H]1CCc2c(sc3ncnc(N4CCN(C[C@H]5CCCO5)CC4)c23)C1. The van der Waals surface area contributed by atoms with Gasteiger partial charge in [0.25, 0.3) is 0 Å². The maximum atomic E-state index is 5.81. The van der Waals surface area contributed by atoms with Gasteiger partial charge in [0.15, 0.2) is 0 Å². The lowest BCUT2D eigenvalue weighted by molar-refractivity contribution is 0.0712. The van der Waals surface area contributed by atoms with Crippen molar-refractivity contribution in [3.63, 3.8) is 0 Å². The van der Waals surface area contributed by atoms with E-state index in [1.165, 1.54) is 48.1 Å². The molecule has 5 rings (SSSR count). The third-order valence-electron chi connectivity index (χ3n) is 6.23. The molecule has 0 bridgehead atoms. The van der Waals surface area contributed by atoms with Gasteiger partial charge >= 0.3 is 0 Å². The zero-order valence-corrected chi connectivity index (χ0v) is 16.4. The van der Waals surface area contributed by atoms with E-state index < -0.39 is 0 Å². The van der Waals surface area contributed by atoms with Crippen molar-refractivity contribution in [1.82, 2.24) is 14.9 Å². The van der Waals surface area contributed by atoms with Gasteiger partial charge in [-0.05, 0) is 43.6 Å². The summed E-state index contributed by atoms with van der Waals surface area (Å²) in [5.41, 5.74) is 1.54. The molecule has 2 aromatic rings. The van der Waals surface area contributed by atoms with Crippen molar-refractivity contribution >= 4 is 27.4 Å². The molecule has 3 aliphatic rings. The van der Waals surface area contributed by atoms with Crippen LogP contribution in [0.1, 0.15) is 36.6 Å². The lowest BCUT2D eigenvalue weighted by Crippen LogP contribution is -2.48. The second kappa shape index (κ2) is 7.06. The van der Waals surface area contributed by atoms with Crippen molar-refractivity contribution in [1.29, 1.82) is 0 Å². The van der Waals surface area contributed by atoms with E-state index in [-0.39, 0.29) is 0 Å². The van der Waals surface area contributed by atoms with E-state index in [0.717, 1.165) is 45.2 Å². The number of hydrogen-bond donors (Lipinski definition) is 0. The van der Waals surface area contributed by atoms with Crippen LogP contribution in [0.2, 0.25) is 0 Å². The highest BCUT2D eigenvalue weighted by Crippen LogP contribution is 2.40. The summed E-state index contributed by atoms with van der Waals surface area (Å²) in [5.74, 6) is 1.98. The molecule has 2 aromatic heterocycles. The molecule has 4 heterocycles. The molecule has 26 heavy (non-hydrogen) atoms. The highest BCUT2D eigenvalue weighted by molar-refractivity contribution is 7.19. The van der Waals surface area contributed by atoms with Crippen molar-refractivity contribution in [3.05, 3.63) is 16.8 Å². The normalized spacial score (nSPS) is 27.2. The minimum atomic E-state index is 0.457. The second-order valence-electron chi connectivity index (χ2n) is 8.15.